The van der Waals surface area contributed by atoms with Crippen LogP contribution in [-0.2, 0) is 16.1 Å². The Morgan fingerprint density at radius 1 is 1.04 bits per heavy atom. The molecule has 1 saturated heterocycles. The van der Waals surface area contributed by atoms with Crippen LogP contribution in [0.4, 0.5) is 10.1 Å². The minimum atomic E-state index is -0.874. The van der Waals surface area contributed by atoms with Gasteiger partial charge in [0.25, 0.3) is 5.91 Å². The Labute approximate surface area is 169 Å². The van der Waals surface area contributed by atoms with Crippen molar-refractivity contribution >= 4 is 29.9 Å². The fourth-order valence-corrected chi connectivity index (χ4v) is 2.83. The summed E-state index contributed by atoms with van der Waals surface area (Å²) in [7, 11) is 0. The highest BCUT2D eigenvalue weighted by Gasteiger charge is 2.35. The average Bonchev–Trinajstić information content (AvgIpc) is 2.68. The van der Waals surface area contributed by atoms with Crippen molar-refractivity contribution in [2.75, 3.05) is 18.5 Å². The van der Waals surface area contributed by atoms with Crippen LogP contribution in [0.25, 0.3) is 0 Å². The minimum Gasteiger partial charge on any atom is -0.381 e. The summed E-state index contributed by atoms with van der Waals surface area (Å²) in [5.74, 6) is -0.891. The third kappa shape index (κ3) is 5.51. The number of nitrogens with one attached hydrogen (secondary N) is 2. The number of halogens is 2. The van der Waals surface area contributed by atoms with Gasteiger partial charge in [0.1, 0.15) is 5.82 Å². The molecule has 1 fully saturated rings. The largest absolute Gasteiger partial charge is 0.381 e. The van der Waals surface area contributed by atoms with Crippen molar-refractivity contribution in [3.05, 3.63) is 65.5 Å². The lowest BCUT2D eigenvalue weighted by molar-refractivity contribution is -0.129. The van der Waals surface area contributed by atoms with Gasteiger partial charge in [0.05, 0.1) is 5.54 Å². The first-order valence-electron chi connectivity index (χ1n) is 8.77. The molecule has 1 heterocycles. The van der Waals surface area contributed by atoms with Gasteiger partial charge in [-0.2, -0.15) is 0 Å². The van der Waals surface area contributed by atoms with Crippen molar-refractivity contribution in [1.82, 2.24) is 5.32 Å². The van der Waals surface area contributed by atoms with Gasteiger partial charge >= 0.3 is 0 Å². The molecule has 0 unspecified atom stereocenters. The van der Waals surface area contributed by atoms with Crippen LogP contribution in [0, 0.1) is 5.82 Å². The molecule has 6 nitrogen and oxygen atoms in total. The van der Waals surface area contributed by atoms with Crippen LogP contribution in [0.15, 0.2) is 48.5 Å². The van der Waals surface area contributed by atoms with Crippen molar-refractivity contribution < 1.29 is 18.7 Å². The quantitative estimate of drug-likeness (QED) is 0.710. The van der Waals surface area contributed by atoms with Gasteiger partial charge in [-0.15, -0.1) is 12.4 Å². The van der Waals surface area contributed by atoms with E-state index in [-0.39, 0.29) is 24.2 Å². The fourth-order valence-electron chi connectivity index (χ4n) is 2.83. The normalized spacial score (nSPS) is 15.2. The number of amides is 2. The van der Waals surface area contributed by atoms with Crippen molar-refractivity contribution in [2.45, 2.75) is 24.9 Å². The molecular weight excluding hydrogens is 385 g/mol. The molecule has 8 heteroatoms. The summed E-state index contributed by atoms with van der Waals surface area (Å²) >= 11 is 0. The zero-order valence-corrected chi connectivity index (χ0v) is 16.1. The molecule has 2 aromatic rings. The van der Waals surface area contributed by atoms with E-state index in [2.05, 4.69) is 10.6 Å². The van der Waals surface area contributed by atoms with E-state index < -0.39 is 11.4 Å². The maximum atomic E-state index is 12.9. The van der Waals surface area contributed by atoms with E-state index in [0.29, 0.717) is 43.9 Å². The highest BCUT2D eigenvalue weighted by Crippen LogP contribution is 2.18. The van der Waals surface area contributed by atoms with E-state index in [1.807, 2.05) is 12.1 Å². The topological polar surface area (TPSA) is 93.5 Å². The molecule has 0 aromatic heterocycles. The van der Waals surface area contributed by atoms with E-state index in [4.69, 9.17) is 10.5 Å². The van der Waals surface area contributed by atoms with Gasteiger partial charge in [0.15, 0.2) is 0 Å². The summed E-state index contributed by atoms with van der Waals surface area (Å²) in [5, 5.41) is 5.60. The van der Waals surface area contributed by atoms with Gasteiger partial charge in [-0.1, -0.05) is 12.1 Å². The monoisotopic (exact) mass is 407 g/mol. The van der Waals surface area contributed by atoms with Crippen LogP contribution in [0.1, 0.15) is 28.8 Å². The molecular formula is C20H23ClFN3O3. The first-order valence-corrected chi connectivity index (χ1v) is 8.77. The Hall–Kier alpha value is -2.48. The average molecular weight is 408 g/mol. The summed E-state index contributed by atoms with van der Waals surface area (Å²) in [6, 6.07) is 12.4. The molecule has 0 radical (unpaired) electrons. The molecule has 150 valence electrons. The Bertz CT molecular complexity index is 806. The van der Waals surface area contributed by atoms with Crippen molar-refractivity contribution in [3.63, 3.8) is 0 Å². The van der Waals surface area contributed by atoms with Crippen molar-refractivity contribution in [3.8, 4) is 0 Å². The molecule has 0 aliphatic carbocycles. The van der Waals surface area contributed by atoms with E-state index in [0.717, 1.165) is 5.56 Å². The van der Waals surface area contributed by atoms with Gasteiger partial charge in [-0.25, -0.2) is 4.39 Å². The number of anilines is 1. The van der Waals surface area contributed by atoms with E-state index in [1.165, 1.54) is 24.3 Å². The molecule has 28 heavy (non-hydrogen) atoms. The smallest absolute Gasteiger partial charge is 0.255 e. The maximum absolute atomic E-state index is 12.9. The molecule has 0 saturated carbocycles. The van der Waals surface area contributed by atoms with Crippen LogP contribution in [0.3, 0.4) is 0 Å². The lowest BCUT2D eigenvalue weighted by Crippen LogP contribution is -2.56. The third-order valence-corrected chi connectivity index (χ3v) is 4.61. The standard InChI is InChI=1S/C20H22FN3O3.ClH/c21-16-5-3-15(4-6-16)18(25)24-17-7-1-14(2-8-17)13-23-19(26)20(22)9-11-27-12-10-20;/h1-8H,9-13,22H2,(H,23,26)(H,24,25);1H. The zero-order valence-electron chi connectivity index (χ0n) is 15.2. The third-order valence-electron chi connectivity index (χ3n) is 4.61. The van der Waals surface area contributed by atoms with Crippen LogP contribution in [-0.4, -0.2) is 30.6 Å². The Morgan fingerprint density at radius 2 is 1.64 bits per heavy atom. The molecule has 0 bridgehead atoms. The van der Waals surface area contributed by atoms with Gasteiger partial charge in [-0.05, 0) is 54.8 Å². The Balaban J connectivity index is 0.00000280. The Morgan fingerprint density at radius 3 is 2.25 bits per heavy atom. The summed E-state index contributed by atoms with van der Waals surface area (Å²) in [4.78, 5) is 24.4. The number of ether oxygens (including phenoxy) is 1. The number of benzene rings is 2. The number of hydrogen-bond acceptors (Lipinski definition) is 4. The number of nitrogens with two attached hydrogens (primary N) is 1. The maximum Gasteiger partial charge on any atom is 0.255 e. The van der Waals surface area contributed by atoms with Crippen molar-refractivity contribution in [1.29, 1.82) is 0 Å². The van der Waals surface area contributed by atoms with E-state index in [1.54, 1.807) is 12.1 Å². The van der Waals surface area contributed by atoms with E-state index >= 15 is 0 Å². The summed E-state index contributed by atoms with van der Waals surface area (Å²) in [5.41, 5.74) is 7.14. The molecule has 0 atom stereocenters. The lowest BCUT2D eigenvalue weighted by Gasteiger charge is -2.31. The highest BCUT2D eigenvalue weighted by molar-refractivity contribution is 6.04. The van der Waals surface area contributed by atoms with Crippen LogP contribution >= 0.6 is 12.4 Å². The highest BCUT2D eigenvalue weighted by atomic mass is 35.5. The van der Waals surface area contributed by atoms with Crippen LogP contribution in [0.5, 0.6) is 0 Å². The fraction of sp³-hybridized carbons (Fsp3) is 0.300. The Kier molecular flexibility index (Phi) is 7.51. The summed E-state index contributed by atoms with van der Waals surface area (Å²) < 4.78 is 18.2. The first kappa shape index (κ1) is 21.8. The number of rotatable bonds is 5. The van der Waals surface area contributed by atoms with E-state index in [9.17, 15) is 14.0 Å². The molecule has 0 spiro atoms. The molecule has 1 aliphatic heterocycles. The first-order chi connectivity index (χ1) is 13.0. The molecule has 2 aromatic carbocycles. The number of carbonyl (C=O) groups excluding carboxylic acids is 2. The number of carbonyl (C=O) groups is 2. The van der Waals surface area contributed by atoms with Gasteiger partial charge in [-0.3, -0.25) is 9.59 Å². The molecule has 4 N–H and O–H groups in total. The van der Waals surface area contributed by atoms with Crippen LogP contribution < -0.4 is 16.4 Å². The van der Waals surface area contributed by atoms with Gasteiger partial charge in [0, 0.05) is 31.0 Å². The predicted octanol–water partition coefficient (Wildman–Crippen LogP) is 2.62. The summed E-state index contributed by atoms with van der Waals surface area (Å²) in [6.07, 6.45) is 1.01. The summed E-state index contributed by atoms with van der Waals surface area (Å²) in [6.45, 7) is 1.34. The second-order valence-corrected chi connectivity index (χ2v) is 6.61. The van der Waals surface area contributed by atoms with Gasteiger partial charge in [0.2, 0.25) is 5.91 Å². The SMILES string of the molecule is Cl.NC1(C(=O)NCc2ccc(NC(=O)c3ccc(F)cc3)cc2)CCOCC1. The van der Waals surface area contributed by atoms with Crippen molar-refractivity contribution in [2.24, 2.45) is 5.73 Å². The minimum absolute atomic E-state index is 0. The van der Waals surface area contributed by atoms with Gasteiger partial charge < -0.3 is 21.1 Å². The number of hydrogen-bond donors (Lipinski definition) is 3. The zero-order chi connectivity index (χ0) is 19.3. The molecule has 3 rings (SSSR count). The van der Waals surface area contributed by atoms with Crippen LogP contribution in [0.2, 0.25) is 0 Å². The molecule has 2 amide bonds. The lowest BCUT2D eigenvalue weighted by atomic mass is 9.90. The second kappa shape index (κ2) is 9.64. The predicted molar refractivity (Wildman–Crippen MR) is 107 cm³/mol. The molecule has 1 aliphatic rings. The second-order valence-electron chi connectivity index (χ2n) is 6.61.